The first-order chi connectivity index (χ1) is 9.70. The Morgan fingerprint density at radius 1 is 1.19 bits per heavy atom. The van der Waals surface area contributed by atoms with Gasteiger partial charge in [-0.3, -0.25) is 0 Å². The predicted molar refractivity (Wildman–Crippen MR) is 61.1 cm³/mol. The maximum absolute atomic E-state index is 13.1. The van der Waals surface area contributed by atoms with Crippen LogP contribution in [0, 0.1) is 5.82 Å². The summed E-state index contributed by atoms with van der Waals surface area (Å²) in [6.45, 7) is 0. The van der Waals surface area contributed by atoms with Crippen molar-refractivity contribution < 1.29 is 37.0 Å². The maximum Gasteiger partial charge on any atom is 0.419 e. The first kappa shape index (κ1) is 15.0. The number of halogens is 4. The summed E-state index contributed by atoms with van der Waals surface area (Å²) >= 11 is 0. The number of carbonyl (C=O) groups is 1. The minimum absolute atomic E-state index is 0.257. The van der Waals surface area contributed by atoms with Crippen molar-refractivity contribution in [1.29, 1.82) is 0 Å². The average Bonchev–Trinajstić information content (AvgIpc) is 2.86. The molecule has 0 saturated carbocycles. The molecule has 0 bridgehead atoms. The summed E-state index contributed by atoms with van der Waals surface area (Å²) in [6.07, 6.45) is -6.55. The van der Waals surface area contributed by atoms with E-state index in [1.54, 1.807) is 0 Å². The molecule has 1 aromatic heterocycles. The lowest BCUT2D eigenvalue weighted by atomic mass is 10.0. The van der Waals surface area contributed by atoms with Gasteiger partial charge in [0.15, 0.2) is 0 Å². The summed E-state index contributed by atoms with van der Waals surface area (Å²) in [4.78, 5) is 10.6. The van der Waals surface area contributed by atoms with Crippen LogP contribution in [0.2, 0.25) is 0 Å². The molecule has 0 saturated heterocycles. The van der Waals surface area contributed by atoms with E-state index in [1.165, 1.54) is 0 Å². The maximum atomic E-state index is 13.1. The van der Waals surface area contributed by atoms with Gasteiger partial charge in [-0.2, -0.15) is 13.2 Å². The Labute approximate surface area is 115 Å². The number of hydrogen-bond donors (Lipinski definition) is 2. The lowest BCUT2D eigenvalue weighted by Crippen LogP contribution is -2.10. The van der Waals surface area contributed by atoms with Crippen LogP contribution in [0.4, 0.5) is 17.6 Å². The van der Waals surface area contributed by atoms with Crippen LogP contribution >= 0.6 is 0 Å². The number of alkyl halides is 3. The van der Waals surface area contributed by atoms with Gasteiger partial charge in [0, 0.05) is 0 Å². The van der Waals surface area contributed by atoms with E-state index in [0.717, 1.165) is 18.2 Å². The Kier molecular flexibility index (Phi) is 3.73. The fourth-order valence-electron chi connectivity index (χ4n) is 1.71. The molecule has 4 nitrogen and oxygen atoms in total. The van der Waals surface area contributed by atoms with Gasteiger partial charge in [0.1, 0.15) is 17.7 Å². The van der Waals surface area contributed by atoms with Crippen molar-refractivity contribution in [3.63, 3.8) is 0 Å². The van der Waals surface area contributed by atoms with E-state index in [9.17, 15) is 27.5 Å². The Morgan fingerprint density at radius 2 is 1.86 bits per heavy atom. The van der Waals surface area contributed by atoms with Crippen LogP contribution in [0.25, 0.3) is 0 Å². The Bertz CT molecular complexity index is 675. The summed E-state index contributed by atoms with van der Waals surface area (Å²) in [5.74, 6) is -3.58. The van der Waals surface area contributed by atoms with Crippen molar-refractivity contribution in [3.05, 3.63) is 58.8 Å². The van der Waals surface area contributed by atoms with Crippen LogP contribution in [-0.2, 0) is 6.18 Å². The average molecular weight is 304 g/mol. The quantitative estimate of drug-likeness (QED) is 0.854. The van der Waals surface area contributed by atoms with Crippen LogP contribution in [0.5, 0.6) is 0 Å². The topological polar surface area (TPSA) is 70.7 Å². The number of carboxylic acid groups (broad SMARTS) is 1. The minimum atomic E-state index is -4.91. The molecule has 0 aliphatic heterocycles. The van der Waals surface area contributed by atoms with Crippen LogP contribution in [-0.4, -0.2) is 16.2 Å². The highest BCUT2D eigenvalue weighted by atomic mass is 19.4. The SMILES string of the molecule is O=C(O)c1ccc(C(O)c2ccc(F)c(C(F)(F)F)c2)o1. The molecule has 1 aromatic carbocycles. The van der Waals surface area contributed by atoms with E-state index in [0.29, 0.717) is 12.1 Å². The monoisotopic (exact) mass is 304 g/mol. The number of aliphatic hydroxyl groups excluding tert-OH is 1. The Morgan fingerprint density at radius 3 is 2.38 bits per heavy atom. The van der Waals surface area contributed by atoms with Crippen LogP contribution in [0.15, 0.2) is 34.7 Å². The highest BCUT2D eigenvalue weighted by Gasteiger charge is 2.35. The smallest absolute Gasteiger partial charge is 0.419 e. The van der Waals surface area contributed by atoms with Crippen molar-refractivity contribution in [2.45, 2.75) is 12.3 Å². The minimum Gasteiger partial charge on any atom is -0.475 e. The zero-order valence-corrected chi connectivity index (χ0v) is 10.2. The molecule has 0 amide bonds. The molecule has 0 fully saturated rings. The molecule has 0 spiro atoms. The van der Waals surface area contributed by atoms with E-state index in [4.69, 9.17) is 9.52 Å². The van der Waals surface area contributed by atoms with Gasteiger partial charge < -0.3 is 14.6 Å². The number of benzene rings is 1. The second-order valence-electron chi connectivity index (χ2n) is 4.15. The molecular weight excluding hydrogens is 296 g/mol. The van der Waals surface area contributed by atoms with E-state index < -0.39 is 35.4 Å². The Hall–Kier alpha value is -2.35. The fourth-order valence-corrected chi connectivity index (χ4v) is 1.71. The highest BCUT2D eigenvalue weighted by Crippen LogP contribution is 2.34. The number of furan rings is 1. The molecule has 2 N–H and O–H groups in total. The lowest BCUT2D eigenvalue weighted by Gasteiger charge is -2.13. The summed E-state index contributed by atoms with van der Waals surface area (Å²) in [5, 5.41) is 18.6. The molecular formula is C13H8F4O4. The highest BCUT2D eigenvalue weighted by molar-refractivity contribution is 5.84. The molecule has 0 radical (unpaired) electrons. The molecule has 21 heavy (non-hydrogen) atoms. The third kappa shape index (κ3) is 3.05. The third-order valence-corrected chi connectivity index (χ3v) is 2.72. The van der Waals surface area contributed by atoms with Crippen molar-refractivity contribution in [2.75, 3.05) is 0 Å². The number of rotatable bonds is 3. The van der Waals surface area contributed by atoms with Crippen molar-refractivity contribution in [2.24, 2.45) is 0 Å². The van der Waals surface area contributed by atoms with Gasteiger partial charge in [-0.15, -0.1) is 0 Å². The summed E-state index contributed by atoms with van der Waals surface area (Å²) in [7, 11) is 0. The molecule has 0 aliphatic rings. The van der Waals surface area contributed by atoms with Crippen molar-refractivity contribution >= 4 is 5.97 Å². The van der Waals surface area contributed by atoms with Crippen LogP contribution in [0.1, 0.15) is 33.5 Å². The molecule has 112 valence electrons. The fraction of sp³-hybridized carbons (Fsp3) is 0.154. The van der Waals surface area contributed by atoms with Gasteiger partial charge in [0.25, 0.3) is 0 Å². The molecule has 1 unspecified atom stereocenters. The van der Waals surface area contributed by atoms with E-state index in [1.807, 2.05) is 0 Å². The van der Waals surface area contributed by atoms with Gasteiger partial charge in [0.2, 0.25) is 5.76 Å². The molecule has 1 heterocycles. The van der Waals surface area contributed by atoms with Crippen LogP contribution < -0.4 is 0 Å². The van der Waals surface area contributed by atoms with Gasteiger partial charge >= 0.3 is 12.1 Å². The number of aromatic carboxylic acids is 1. The molecule has 1 atom stereocenters. The largest absolute Gasteiger partial charge is 0.475 e. The summed E-state index contributed by atoms with van der Waals surface area (Å²) < 4.78 is 55.7. The standard InChI is InChI=1S/C13H8F4O4/c14-8-2-1-6(5-7(8)13(15,16)17)11(18)9-3-4-10(21-9)12(19)20/h1-5,11,18H,(H,19,20). The van der Waals surface area contributed by atoms with E-state index in [2.05, 4.69) is 0 Å². The van der Waals surface area contributed by atoms with Gasteiger partial charge in [-0.05, 0) is 29.8 Å². The summed E-state index contributed by atoms with van der Waals surface area (Å²) in [5.41, 5.74) is -1.79. The van der Waals surface area contributed by atoms with Crippen LogP contribution in [0.3, 0.4) is 0 Å². The summed E-state index contributed by atoms with van der Waals surface area (Å²) in [6, 6.07) is 4.14. The molecule has 8 heteroatoms. The zero-order valence-electron chi connectivity index (χ0n) is 10.2. The Balaban J connectivity index is 2.39. The number of hydrogen-bond acceptors (Lipinski definition) is 3. The molecule has 2 rings (SSSR count). The molecule has 2 aromatic rings. The zero-order chi connectivity index (χ0) is 15.8. The number of carboxylic acids is 1. The lowest BCUT2D eigenvalue weighted by molar-refractivity contribution is -0.140. The van der Waals surface area contributed by atoms with Crippen molar-refractivity contribution in [1.82, 2.24) is 0 Å². The third-order valence-electron chi connectivity index (χ3n) is 2.72. The second-order valence-corrected chi connectivity index (χ2v) is 4.15. The van der Waals surface area contributed by atoms with E-state index >= 15 is 0 Å². The van der Waals surface area contributed by atoms with E-state index in [-0.39, 0.29) is 11.3 Å². The normalized spacial score (nSPS) is 13.2. The van der Waals surface area contributed by atoms with Gasteiger partial charge in [-0.25, -0.2) is 9.18 Å². The van der Waals surface area contributed by atoms with Gasteiger partial charge in [0.05, 0.1) is 5.56 Å². The first-order valence-electron chi connectivity index (χ1n) is 5.58. The van der Waals surface area contributed by atoms with Crippen molar-refractivity contribution in [3.8, 4) is 0 Å². The molecule has 0 aliphatic carbocycles. The van der Waals surface area contributed by atoms with Gasteiger partial charge in [-0.1, -0.05) is 6.07 Å². The number of aliphatic hydroxyl groups is 1. The second kappa shape index (κ2) is 5.21. The predicted octanol–water partition coefficient (Wildman–Crippen LogP) is 3.22. The first-order valence-corrected chi connectivity index (χ1v) is 5.58.